The van der Waals surface area contributed by atoms with Crippen molar-refractivity contribution in [1.29, 1.82) is 0 Å². The molecule has 3 aromatic carbocycles. The van der Waals surface area contributed by atoms with E-state index in [0.717, 1.165) is 16.2 Å². The van der Waals surface area contributed by atoms with Crippen molar-refractivity contribution in [3.8, 4) is 23.0 Å². The van der Waals surface area contributed by atoms with E-state index in [-0.39, 0.29) is 29.5 Å². The Morgan fingerprint density at radius 3 is 2.32 bits per heavy atom. The molecular weight excluding hydrogens is 512 g/mol. The van der Waals surface area contributed by atoms with Crippen molar-refractivity contribution in [2.24, 2.45) is 0 Å². The summed E-state index contributed by atoms with van der Waals surface area (Å²) in [5, 5.41) is 2.39. The molecule has 1 N–H and O–H groups in total. The summed E-state index contributed by atoms with van der Waals surface area (Å²) in [7, 11) is 2.95. The maximum Gasteiger partial charge on any atom is 0.335 e. The van der Waals surface area contributed by atoms with E-state index in [2.05, 4.69) is 5.32 Å². The molecule has 1 fully saturated rings. The van der Waals surface area contributed by atoms with Gasteiger partial charge in [0.1, 0.15) is 30.3 Å². The molecule has 38 heavy (non-hydrogen) atoms. The zero-order chi connectivity index (χ0) is 27.2. The molecule has 0 saturated carbocycles. The molecule has 1 heterocycles. The molecule has 10 heteroatoms. The monoisotopic (exact) mass is 536 g/mol. The average Bonchev–Trinajstić information content (AvgIpc) is 2.90. The van der Waals surface area contributed by atoms with E-state index in [4.69, 9.17) is 30.5 Å². The SMILES string of the molecule is COc1ccc(N2C(=O)NC(=O)C(=Cc3cc(Cl)c(OCCOc4cccc(C)c4)c(OC)c3)C2=O)cc1. The van der Waals surface area contributed by atoms with Crippen LogP contribution < -0.4 is 29.2 Å². The molecule has 196 valence electrons. The normalized spacial score (nSPS) is 14.4. The molecule has 1 saturated heterocycles. The van der Waals surface area contributed by atoms with Crippen molar-refractivity contribution in [3.63, 3.8) is 0 Å². The number of rotatable bonds is 9. The second kappa shape index (κ2) is 11.7. The lowest BCUT2D eigenvalue weighted by molar-refractivity contribution is -0.122. The first-order valence-corrected chi connectivity index (χ1v) is 11.9. The van der Waals surface area contributed by atoms with E-state index in [0.29, 0.717) is 22.8 Å². The molecule has 0 aliphatic carbocycles. The summed E-state index contributed by atoms with van der Waals surface area (Å²) in [6.07, 6.45) is 1.33. The molecule has 4 amide bonds. The summed E-state index contributed by atoms with van der Waals surface area (Å²) in [6, 6.07) is 16.2. The minimum Gasteiger partial charge on any atom is -0.497 e. The van der Waals surface area contributed by atoms with Crippen LogP contribution in [-0.2, 0) is 9.59 Å². The maximum absolute atomic E-state index is 13.2. The van der Waals surface area contributed by atoms with E-state index in [1.165, 1.54) is 26.4 Å². The number of ether oxygens (including phenoxy) is 4. The number of hydrogen-bond acceptors (Lipinski definition) is 7. The minimum atomic E-state index is -0.852. The molecule has 1 aliphatic rings. The number of methoxy groups -OCH3 is 2. The second-order valence-electron chi connectivity index (χ2n) is 8.20. The van der Waals surface area contributed by atoms with Gasteiger partial charge in [0.25, 0.3) is 11.8 Å². The highest BCUT2D eigenvalue weighted by Crippen LogP contribution is 2.37. The zero-order valence-electron chi connectivity index (χ0n) is 20.9. The van der Waals surface area contributed by atoms with Gasteiger partial charge in [0.2, 0.25) is 0 Å². The van der Waals surface area contributed by atoms with Crippen molar-refractivity contribution in [2.75, 3.05) is 32.3 Å². The highest BCUT2D eigenvalue weighted by Gasteiger charge is 2.37. The zero-order valence-corrected chi connectivity index (χ0v) is 21.7. The number of imide groups is 2. The van der Waals surface area contributed by atoms with Crippen LogP contribution in [0.15, 0.2) is 66.2 Å². The van der Waals surface area contributed by atoms with Crippen LogP contribution in [0.5, 0.6) is 23.0 Å². The Labute approximate surface area is 224 Å². The predicted octanol–water partition coefficient (Wildman–Crippen LogP) is 4.79. The fourth-order valence-corrected chi connectivity index (χ4v) is 4.04. The lowest BCUT2D eigenvalue weighted by atomic mass is 10.1. The van der Waals surface area contributed by atoms with E-state index in [1.807, 2.05) is 31.2 Å². The number of nitrogens with one attached hydrogen (secondary N) is 1. The van der Waals surface area contributed by atoms with Crippen molar-refractivity contribution in [3.05, 3.63) is 82.4 Å². The summed E-state index contributed by atoms with van der Waals surface area (Å²) in [4.78, 5) is 39.0. The van der Waals surface area contributed by atoms with Gasteiger partial charge in [-0.25, -0.2) is 9.69 Å². The number of barbiturate groups is 1. The fraction of sp³-hybridized carbons (Fsp3) is 0.179. The lowest BCUT2D eigenvalue weighted by Crippen LogP contribution is -2.54. The first-order valence-electron chi connectivity index (χ1n) is 11.6. The van der Waals surface area contributed by atoms with Crippen LogP contribution in [0.4, 0.5) is 10.5 Å². The summed E-state index contributed by atoms with van der Waals surface area (Å²) < 4.78 is 22.0. The Bertz CT molecular complexity index is 1400. The number of anilines is 1. The van der Waals surface area contributed by atoms with Crippen LogP contribution in [0.3, 0.4) is 0 Å². The third kappa shape index (κ3) is 5.90. The standard InChI is InChI=1S/C28H25ClN2O7/c1-17-5-4-6-21(13-17)37-11-12-38-25-23(29)15-18(16-24(25)36-3)14-22-26(32)30-28(34)31(27(22)33)19-7-9-20(35-2)10-8-19/h4-10,13-16H,11-12H2,1-3H3,(H,30,32,34). The molecule has 9 nitrogen and oxygen atoms in total. The van der Waals surface area contributed by atoms with Gasteiger partial charge in [-0.05, 0) is 72.7 Å². The van der Waals surface area contributed by atoms with Crippen LogP contribution in [0, 0.1) is 6.92 Å². The van der Waals surface area contributed by atoms with Crippen LogP contribution in [-0.4, -0.2) is 45.3 Å². The summed E-state index contributed by atoms with van der Waals surface area (Å²) in [6.45, 7) is 2.45. The van der Waals surface area contributed by atoms with Gasteiger partial charge in [0.05, 0.1) is 24.9 Å². The Morgan fingerprint density at radius 2 is 1.63 bits per heavy atom. The summed E-state index contributed by atoms with van der Waals surface area (Å²) >= 11 is 6.46. The molecule has 0 radical (unpaired) electrons. The molecular formula is C28H25ClN2O7. The van der Waals surface area contributed by atoms with Gasteiger partial charge in [0.15, 0.2) is 11.5 Å². The quantitative estimate of drug-likeness (QED) is 0.238. The van der Waals surface area contributed by atoms with Crippen molar-refractivity contribution >= 4 is 41.2 Å². The van der Waals surface area contributed by atoms with Gasteiger partial charge < -0.3 is 18.9 Å². The highest BCUT2D eigenvalue weighted by atomic mass is 35.5. The average molecular weight is 537 g/mol. The van der Waals surface area contributed by atoms with Gasteiger partial charge in [-0.3, -0.25) is 14.9 Å². The topological polar surface area (TPSA) is 103 Å². The predicted molar refractivity (Wildman–Crippen MR) is 142 cm³/mol. The molecule has 1 aliphatic heterocycles. The van der Waals surface area contributed by atoms with Crippen LogP contribution >= 0.6 is 11.6 Å². The third-order valence-electron chi connectivity index (χ3n) is 5.58. The maximum atomic E-state index is 13.2. The number of benzene rings is 3. The molecule has 3 aromatic rings. The van der Waals surface area contributed by atoms with Gasteiger partial charge in [-0.15, -0.1) is 0 Å². The Kier molecular flexibility index (Phi) is 8.18. The van der Waals surface area contributed by atoms with Crippen molar-refractivity contribution in [2.45, 2.75) is 6.92 Å². The third-order valence-corrected chi connectivity index (χ3v) is 5.86. The van der Waals surface area contributed by atoms with Gasteiger partial charge in [-0.2, -0.15) is 0 Å². The molecule has 0 spiro atoms. The van der Waals surface area contributed by atoms with Gasteiger partial charge in [0, 0.05) is 0 Å². The van der Waals surface area contributed by atoms with Gasteiger partial charge in [-0.1, -0.05) is 23.7 Å². The van der Waals surface area contributed by atoms with Gasteiger partial charge >= 0.3 is 6.03 Å². The smallest absolute Gasteiger partial charge is 0.335 e. The largest absolute Gasteiger partial charge is 0.497 e. The van der Waals surface area contributed by atoms with Crippen molar-refractivity contribution < 1.29 is 33.3 Å². The Hall–Kier alpha value is -4.50. The number of urea groups is 1. The van der Waals surface area contributed by atoms with Crippen LogP contribution in [0.25, 0.3) is 6.08 Å². The van der Waals surface area contributed by atoms with E-state index in [9.17, 15) is 14.4 Å². The molecule has 0 atom stereocenters. The number of carbonyl (C=O) groups excluding carboxylic acids is 3. The van der Waals surface area contributed by atoms with Crippen LogP contribution in [0.2, 0.25) is 5.02 Å². The molecule has 0 aromatic heterocycles. The number of amides is 4. The Morgan fingerprint density at radius 1 is 0.895 bits per heavy atom. The number of hydrogen-bond donors (Lipinski definition) is 1. The first kappa shape index (κ1) is 26.6. The second-order valence-corrected chi connectivity index (χ2v) is 8.61. The number of nitrogens with zero attached hydrogens (tertiary/aromatic N) is 1. The van der Waals surface area contributed by atoms with E-state index < -0.39 is 17.8 Å². The van der Waals surface area contributed by atoms with E-state index in [1.54, 1.807) is 30.3 Å². The number of aryl methyl sites for hydroxylation is 1. The van der Waals surface area contributed by atoms with E-state index >= 15 is 0 Å². The van der Waals surface area contributed by atoms with Crippen LogP contribution in [0.1, 0.15) is 11.1 Å². The molecule has 0 bridgehead atoms. The Balaban J connectivity index is 1.52. The number of halogens is 1. The summed E-state index contributed by atoms with van der Waals surface area (Å²) in [5.41, 5.74) is 1.51. The molecule has 4 rings (SSSR count). The highest BCUT2D eigenvalue weighted by molar-refractivity contribution is 6.39. The van der Waals surface area contributed by atoms with Crippen molar-refractivity contribution in [1.82, 2.24) is 5.32 Å². The lowest BCUT2D eigenvalue weighted by Gasteiger charge is -2.26. The molecule has 0 unspecified atom stereocenters. The first-order chi connectivity index (χ1) is 18.3. The summed E-state index contributed by atoms with van der Waals surface area (Å²) in [5.74, 6) is 0.258. The minimum absolute atomic E-state index is 0.199. The fourth-order valence-electron chi connectivity index (χ4n) is 3.76. The number of carbonyl (C=O) groups is 3.